The van der Waals surface area contributed by atoms with Gasteiger partial charge in [-0.05, 0) is 55.6 Å². The van der Waals surface area contributed by atoms with E-state index in [4.69, 9.17) is 0 Å². The van der Waals surface area contributed by atoms with Crippen molar-refractivity contribution >= 4 is 11.8 Å². The average Bonchev–Trinajstić information content (AvgIpc) is 2.92. The number of nitrogens with one attached hydrogen (secondary N) is 1. The Hall–Kier alpha value is 0.310. The van der Waals surface area contributed by atoms with Crippen LogP contribution in [0.2, 0.25) is 0 Å². The Kier molecular flexibility index (Phi) is 4.83. The molecular formula is C13H25NS. The van der Waals surface area contributed by atoms with Gasteiger partial charge in [-0.25, -0.2) is 0 Å². The molecule has 2 aliphatic rings. The zero-order chi connectivity index (χ0) is 10.5. The third kappa shape index (κ3) is 4.78. The first kappa shape index (κ1) is 11.8. The van der Waals surface area contributed by atoms with E-state index in [1.807, 2.05) is 0 Å². The summed E-state index contributed by atoms with van der Waals surface area (Å²) in [5.41, 5.74) is 0. The molecule has 1 N–H and O–H groups in total. The third-order valence-corrected chi connectivity index (χ3v) is 5.07. The van der Waals surface area contributed by atoms with E-state index in [-0.39, 0.29) is 0 Å². The molecule has 1 atom stereocenters. The van der Waals surface area contributed by atoms with Crippen molar-refractivity contribution in [3.8, 4) is 0 Å². The standard InChI is InChI=1S/C13H25NS/c1-11(8-14-13-6-7-13)9-15-10-12-4-2-3-5-12/h11-14H,2-10H2,1H3. The van der Waals surface area contributed by atoms with Crippen LogP contribution in [-0.2, 0) is 0 Å². The Labute approximate surface area is 98.8 Å². The van der Waals surface area contributed by atoms with Crippen molar-refractivity contribution in [2.75, 3.05) is 18.1 Å². The largest absolute Gasteiger partial charge is 0.314 e. The molecule has 0 aromatic heterocycles. The predicted molar refractivity (Wildman–Crippen MR) is 69.5 cm³/mol. The predicted octanol–water partition coefficient (Wildman–Crippen LogP) is 3.30. The summed E-state index contributed by atoms with van der Waals surface area (Å²) in [5, 5.41) is 3.62. The van der Waals surface area contributed by atoms with Crippen LogP contribution < -0.4 is 5.32 Å². The molecule has 0 heterocycles. The minimum Gasteiger partial charge on any atom is -0.314 e. The molecule has 15 heavy (non-hydrogen) atoms. The Morgan fingerprint density at radius 1 is 1.20 bits per heavy atom. The average molecular weight is 227 g/mol. The van der Waals surface area contributed by atoms with Gasteiger partial charge < -0.3 is 5.32 Å². The fourth-order valence-corrected chi connectivity index (χ4v) is 3.65. The lowest BCUT2D eigenvalue weighted by atomic mass is 10.1. The van der Waals surface area contributed by atoms with Crippen molar-refractivity contribution in [2.45, 2.75) is 51.5 Å². The second-order valence-electron chi connectivity index (χ2n) is 5.48. The normalized spacial score (nSPS) is 24.6. The van der Waals surface area contributed by atoms with Crippen LogP contribution in [0.3, 0.4) is 0 Å². The molecule has 0 amide bonds. The first-order valence-corrected chi connectivity index (χ1v) is 7.81. The number of hydrogen-bond acceptors (Lipinski definition) is 2. The van der Waals surface area contributed by atoms with Crippen molar-refractivity contribution in [3.05, 3.63) is 0 Å². The molecule has 2 fully saturated rings. The van der Waals surface area contributed by atoms with Gasteiger partial charge in [0, 0.05) is 6.04 Å². The van der Waals surface area contributed by atoms with Gasteiger partial charge in [0.25, 0.3) is 0 Å². The summed E-state index contributed by atoms with van der Waals surface area (Å²) in [7, 11) is 0. The fourth-order valence-electron chi connectivity index (χ4n) is 2.33. The topological polar surface area (TPSA) is 12.0 Å². The highest BCUT2D eigenvalue weighted by Gasteiger charge is 2.21. The van der Waals surface area contributed by atoms with Crippen molar-refractivity contribution in [1.82, 2.24) is 5.32 Å². The van der Waals surface area contributed by atoms with Crippen molar-refractivity contribution in [3.63, 3.8) is 0 Å². The van der Waals surface area contributed by atoms with Crippen LogP contribution >= 0.6 is 11.8 Å². The molecule has 1 unspecified atom stereocenters. The van der Waals surface area contributed by atoms with Gasteiger partial charge in [-0.3, -0.25) is 0 Å². The third-order valence-electron chi connectivity index (χ3n) is 3.56. The minimum atomic E-state index is 0.858. The summed E-state index contributed by atoms with van der Waals surface area (Å²) in [6.07, 6.45) is 8.82. The van der Waals surface area contributed by atoms with Crippen LogP contribution in [0, 0.1) is 11.8 Å². The van der Waals surface area contributed by atoms with Crippen LogP contribution in [0.1, 0.15) is 45.4 Å². The molecule has 1 nitrogen and oxygen atoms in total. The molecule has 0 bridgehead atoms. The zero-order valence-electron chi connectivity index (χ0n) is 10.0. The van der Waals surface area contributed by atoms with E-state index < -0.39 is 0 Å². The molecule has 0 aromatic carbocycles. The van der Waals surface area contributed by atoms with Gasteiger partial charge in [0.05, 0.1) is 0 Å². The summed E-state index contributed by atoms with van der Waals surface area (Å²) < 4.78 is 0. The Morgan fingerprint density at radius 3 is 2.60 bits per heavy atom. The fraction of sp³-hybridized carbons (Fsp3) is 1.00. The lowest BCUT2D eigenvalue weighted by Crippen LogP contribution is -2.24. The van der Waals surface area contributed by atoms with Crippen molar-refractivity contribution < 1.29 is 0 Å². The summed E-state index contributed by atoms with van der Waals surface area (Å²) in [5.74, 6) is 4.69. The van der Waals surface area contributed by atoms with Gasteiger partial charge >= 0.3 is 0 Å². The highest BCUT2D eigenvalue weighted by atomic mass is 32.2. The molecular weight excluding hydrogens is 202 g/mol. The second kappa shape index (κ2) is 6.15. The highest BCUT2D eigenvalue weighted by molar-refractivity contribution is 7.99. The van der Waals surface area contributed by atoms with Gasteiger partial charge in [0.15, 0.2) is 0 Å². The maximum Gasteiger partial charge on any atom is 0.00683 e. The summed E-state index contributed by atoms with van der Waals surface area (Å²) >= 11 is 2.19. The molecule has 0 saturated heterocycles. The number of thioether (sulfide) groups is 1. The molecule has 2 rings (SSSR count). The molecule has 0 aromatic rings. The highest BCUT2D eigenvalue weighted by Crippen LogP contribution is 2.28. The molecule has 0 aliphatic heterocycles. The lowest BCUT2D eigenvalue weighted by molar-refractivity contribution is 0.555. The summed E-state index contributed by atoms with van der Waals surface area (Å²) in [4.78, 5) is 0. The van der Waals surface area contributed by atoms with E-state index >= 15 is 0 Å². The van der Waals surface area contributed by atoms with E-state index in [2.05, 4.69) is 24.0 Å². The van der Waals surface area contributed by atoms with Gasteiger partial charge in [-0.1, -0.05) is 19.8 Å². The Balaban J connectivity index is 1.44. The van der Waals surface area contributed by atoms with Crippen LogP contribution in [0.5, 0.6) is 0 Å². The maximum atomic E-state index is 3.62. The van der Waals surface area contributed by atoms with Crippen molar-refractivity contribution in [2.24, 2.45) is 11.8 Å². The summed E-state index contributed by atoms with van der Waals surface area (Å²) in [6.45, 7) is 3.62. The Bertz CT molecular complexity index is 173. The SMILES string of the molecule is CC(CNC1CC1)CSCC1CCCC1. The molecule has 0 spiro atoms. The quantitative estimate of drug-likeness (QED) is 0.716. The molecule has 2 saturated carbocycles. The maximum absolute atomic E-state index is 3.62. The van der Waals surface area contributed by atoms with Crippen LogP contribution in [0.4, 0.5) is 0 Å². The number of rotatable bonds is 7. The van der Waals surface area contributed by atoms with Crippen LogP contribution in [0.15, 0.2) is 0 Å². The van der Waals surface area contributed by atoms with E-state index in [9.17, 15) is 0 Å². The van der Waals surface area contributed by atoms with E-state index in [1.54, 1.807) is 0 Å². The molecule has 2 heteroatoms. The van der Waals surface area contributed by atoms with E-state index in [1.165, 1.54) is 56.6 Å². The van der Waals surface area contributed by atoms with Gasteiger partial charge in [0.2, 0.25) is 0 Å². The van der Waals surface area contributed by atoms with Crippen LogP contribution in [-0.4, -0.2) is 24.1 Å². The van der Waals surface area contributed by atoms with Crippen LogP contribution in [0.25, 0.3) is 0 Å². The van der Waals surface area contributed by atoms with Crippen molar-refractivity contribution in [1.29, 1.82) is 0 Å². The van der Waals surface area contributed by atoms with Gasteiger partial charge in [-0.15, -0.1) is 0 Å². The summed E-state index contributed by atoms with van der Waals surface area (Å²) in [6, 6.07) is 0.882. The smallest absolute Gasteiger partial charge is 0.00683 e. The van der Waals surface area contributed by atoms with E-state index in [0.29, 0.717) is 0 Å². The molecule has 0 radical (unpaired) electrons. The molecule has 2 aliphatic carbocycles. The minimum absolute atomic E-state index is 0.858. The second-order valence-corrected chi connectivity index (χ2v) is 6.55. The van der Waals surface area contributed by atoms with Gasteiger partial charge in [0.1, 0.15) is 0 Å². The van der Waals surface area contributed by atoms with Gasteiger partial charge in [-0.2, -0.15) is 11.8 Å². The number of hydrogen-bond donors (Lipinski definition) is 1. The lowest BCUT2D eigenvalue weighted by Gasteiger charge is -2.13. The molecule has 88 valence electrons. The van der Waals surface area contributed by atoms with E-state index in [0.717, 1.165) is 17.9 Å². The first-order valence-electron chi connectivity index (χ1n) is 6.65. The zero-order valence-corrected chi connectivity index (χ0v) is 10.8. The monoisotopic (exact) mass is 227 g/mol. The Morgan fingerprint density at radius 2 is 1.93 bits per heavy atom. The first-order chi connectivity index (χ1) is 7.34.